The van der Waals surface area contributed by atoms with E-state index in [0.29, 0.717) is 19.3 Å². The minimum absolute atomic E-state index is 0.110. The molecule has 1 atom stereocenters. The monoisotopic (exact) mass is 851 g/mol. The van der Waals surface area contributed by atoms with Crippen LogP contribution in [0, 0.1) is 0 Å². The minimum Gasteiger partial charge on any atom is -0.462 e. The molecular formula is C55H94O6. The Labute approximate surface area is 376 Å². The number of hydrogen-bond acceptors (Lipinski definition) is 6. The summed E-state index contributed by atoms with van der Waals surface area (Å²) in [4.78, 5) is 37.9. The second-order valence-corrected chi connectivity index (χ2v) is 16.7. The third-order valence-corrected chi connectivity index (χ3v) is 10.7. The van der Waals surface area contributed by atoms with Crippen LogP contribution in [0.4, 0.5) is 0 Å². The van der Waals surface area contributed by atoms with Crippen LogP contribution in [0.25, 0.3) is 0 Å². The van der Waals surface area contributed by atoms with Crippen molar-refractivity contribution in [3.63, 3.8) is 0 Å². The van der Waals surface area contributed by atoms with Gasteiger partial charge in [0.15, 0.2) is 6.10 Å². The molecule has 0 aliphatic heterocycles. The first-order chi connectivity index (χ1) is 30.0. The molecule has 61 heavy (non-hydrogen) atoms. The number of esters is 3. The van der Waals surface area contributed by atoms with Crippen molar-refractivity contribution in [2.75, 3.05) is 13.2 Å². The lowest BCUT2D eigenvalue weighted by atomic mass is 10.0. The highest BCUT2D eigenvalue weighted by Gasteiger charge is 2.19. The summed E-state index contributed by atoms with van der Waals surface area (Å²) in [5.41, 5.74) is 0. The number of ether oxygens (including phenoxy) is 3. The van der Waals surface area contributed by atoms with Gasteiger partial charge in [-0.3, -0.25) is 14.4 Å². The Morgan fingerprint density at radius 1 is 0.344 bits per heavy atom. The van der Waals surface area contributed by atoms with E-state index in [4.69, 9.17) is 14.2 Å². The summed E-state index contributed by atoms with van der Waals surface area (Å²) in [5, 5.41) is 0. The summed E-state index contributed by atoms with van der Waals surface area (Å²) in [5.74, 6) is -0.997. The van der Waals surface area contributed by atoms with Gasteiger partial charge in [-0.15, -0.1) is 0 Å². The van der Waals surface area contributed by atoms with Crippen molar-refractivity contribution in [1.29, 1.82) is 0 Å². The van der Waals surface area contributed by atoms with Crippen molar-refractivity contribution in [2.24, 2.45) is 0 Å². The van der Waals surface area contributed by atoms with Crippen molar-refractivity contribution >= 4 is 17.9 Å². The standard InChI is InChI=1S/C55H94O6/c1-4-7-10-13-16-19-22-25-27-28-29-31-33-36-39-42-45-48-54(57)60-51-52(50-59-53(56)47-44-41-38-35-32-24-21-18-15-12-9-6-3)61-55(58)49-46-43-40-37-34-30-26-23-20-17-14-11-8-5-2/h9,12,18,21,25,27,29,31-32,35-36,39,52H,4-8,10-11,13-17,19-20,22-24,26,28,30,33-34,37-38,40-51H2,1-3H3/b12-9-,21-18-,27-25-,31-29-,35-32-,39-36-. The molecule has 0 N–H and O–H groups in total. The summed E-state index contributed by atoms with van der Waals surface area (Å²) in [6.07, 6.45) is 61.8. The van der Waals surface area contributed by atoms with Crippen LogP contribution in [0.3, 0.4) is 0 Å². The van der Waals surface area contributed by atoms with E-state index in [2.05, 4.69) is 93.7 Å². The fraction of sp³-hybridized carbons (Fsp3) is 0.727. The van der Waals surface area contributed by atoms with Gasteiger partial charge in [0.05, 0.1) is 0 Å². The quantitative estimate of drug-likeness (QED) is 0.0263. The van der Waals surface area contributed by atoms with Crippen molar-refractivity contribution in [2.45, 2.75) is 245 Å². The summed E-state index contributed by atoms with van der Waals surface area (Å²) < 4.78 is 16.7. The fourth-order valence-corrected chi connectivity index (χ4v) is 6.88. The van der Waals surface area contributed by atoms with E-state index >= 15 is 0 Å². The van der Waals surface area contributed by atoms with Gasteiger partial charge in [0.1, 0.15) is 13.2 Å². The highest BCUT2D eigenvalue weighted by molar-refractivity contribution is 5.71. The van der Waals surface area contributed by atoms with Crippen LogP contribution in [0.5, 0.6) is 0 Å². The molecule has 0 amide bonds. The van der Waals surface area contributed by atoms with Gasteiger partial charge in [0.25, 0.3) is 0 Å². The van der Waals surface area contributed by atoms with E-state index in [0.717, 1.165) is 77.0 Å². The smallest absolute Gasteiger partial charge is 0.306 e. The maximum atomic E-state index is 12.8. The Bertz CT molecular complexity index is 1160. The predicted molar refractivity (Wildman–Crippen MR) is 261 cm³/mol. The van der Waals surface area contributed by atoms with Gasteiger partial charge in [-0.05, 0) is 83.5 Å². The molecule has 0 spiro atoms. The van der Waals surface area contributed by atoms with E-state index in [-0.39, 0.29) is 37.5 Å². The first kappa shape index (κ1) is 57.9. The Morgan fingerprint density at radius 2 is 0.656 bits per heavy atom. The molecule has 1 unspecified atom stereocenters. The lowest BCUT2D eigenvalue weighted by molar-refractivity contribution is -0.167. The summed E-state index contributed by atoms with van der Waals surface area (Å²) >= 11 is 0. The first-order valence-electron chi connectivity index (χ1n) is 25.4. The second-order valence-electron chi connectivity index (χ2n) is 16.7. The van der Waals surface area contributed by atoms with Crippen molar-refractivity contribution in [3.8, 4) is 0 Å². The Balaban J connectivity index is 4.48. The minimum atomic E-state index is -0.808. The lowest BCUT2D eigenvalue weighted by Crippen LogP contribution is -2.30. The molecule has 0 heterocycles. The highest BCUT2D eigenvalue weighted by atomic mass is 16.6. The molecule has 0 aromatic carbocycles. The van der Waals surface area contributed by atoms with Gasteiger partial charge in [-0.25, -0.2) is 0 Å². The molecule has 0 saturated carbocycles. The zero-order valence-electron chi connectivity index (χ0n) is 39.9. The van der Waals surface area contributed by atoms with Crippen LogP contribution in [0.1, 0.15) is 239 Å². The van der Waals surface area contributed by atoms with Crippen LogP contribution < -0.4 is 0 Å². The van der Waals surface area contributed by atoms with Gasteiger partial charge in [-0.2, -0.15) is 0 Å². The van der Waals surface area contributed by atoms with Crippen LogP contribution in [-0.2, 0) is 28.6 Å². The second kappa shape index (κ2) is 49.5. The van der Waals surface area contributed by atoms with Crippen molar-refractivity contribution in [3.05, 3.63) is 72.9 Å². The Kier molecular flexibility index (Phi) is 46.9. The Morgan fingerprint density at radius 3 is 1.10 bits per heavy atom. The molecule has 6 nitrogen and oxygen atoms in total. The summed E-state index contributed by atoms with van der Waals surface area (Å²) in [6.45, 7) is 6.44. The molecule has 0 aliphatic rings. The lowest BCUT2D eigenvalue weighted by Gasteiger charge is -2.18. The van der Waals surface area contributed by atoms with Crippen LogP contribution in [0.15, 0.2) is 72.9 Å². The molecule has 0 aliphatic carbocycles. The van der Waals surface area contributed by atoms with Gasteiger partial charge in [-0.1, -0.05) is 209 Å². The Hall–Kier alpha value is -3.15. The van der Waals surface area contributed by atoms with Gasteiger partial charge in [0, 0.05) is 19.3 Å². The molecule has 0 saturated heterocycles. The van der Waals surface area contributed by atoms with E-state index in [9.17, 15) is 14.4 Å². The molecule has 0 aromatic rings. The number of hydrogen-bond donors (Lipinski definition) is 0. The zero-order valence-corrected chi connectivity index (χ0v) is 39.9. The van der Waals surface area contributed by atoms with E-state index < -0.39 is 6.10 Å². The average Bonchev–Trinajstić information content (AvgIpc) is 3.26. The maximum absolute atomic E-state index is 12.8. The molecule has 0 bridgehead atoms. The first-order valence-corrected chi connectivity index (χ1v) is 25.4. The number of carbonyl (C=O) groups excluding carboxylic acids is 3. The molecule has 350 valence electrons. The summed E-state index contributed by atoms with van der Waals surface area (Å²) in [6, 6.07) is 0. The third-order valence-electron chi connectivity index (χ3n) is 10.7. The maximum Gasteiger partial charge on any atom is 0.306 e. The fourth-order valence-electron chi connectivity index (χ4n) is 6.88. The van der Waals surface area contributed by atoms with Crippen molar-refractivity contribution in [1.82, 2.24) is 0 Å². The number of allylic oxidation sites excluding steroid dienone is 12. The van der Waals surface area contributed by atoms with Crippen LogP contribution in [0.2, 0.25) is 0 Å². The zero-order chi connectivity index (χ0) is 44.4. The normalized spacial score (nSPS) is 12.6. The third kappa shape index (κ3) is 47.7. The van der Waals surface area contributed by atoms with Crippen LogP contribution >= 0.6 is 0 Å². The van der Waals surface area contributed by atoms with Crippen LogP contribution in [-0.4, -0.2) is 37.2 Å². The van der Waals surface area contributed by atoms with E-state index in [1.807, 2.05) is 0 Å². The predicted octanol–water partition coefficient (Wildman–Crippen LogP) is 16.6. The number of rotatable bonds is 45. The van der Waals surface area contributed by atoms with E-state index in [1.165, 1.54) is 116 Å². The molecule has 0 radical (unpaired) electrons. The number of carbonyl (C=O) groups is 3. The highest BCUT2D eigenvalue weighted by Crippen LogP contribution is 2.15. The van der Waals surface area contributed by atoms with Gasteiger partial charge >= 0.3 is 17.9 Å². The van der Waals surface area contributed by atoms with Crippen molar-refractivity contribution < 1.29 is 28.6 Å². The van der Waals surface area contributed by atoms with E-state index in [1.54, 1.807) is 0 Å². The average molecular weight is 851 g/mol. The molecular weight excluding hydrogens is 757 g/mol. The summed E-state index contributed by atoms with van der Waals surface area (Å²) in [7, 11) is 0. The van der Waals surface area contributed by atoms with Gasteiger partial charge in [0.2, 0.25) is 0 Å². The molecule has 0 aromatic heterocycles. The number of unbranched alkanes of at least 4 members (excludes halogenated alkanes) is 22. The molecule has 0 rings (SSSR count). The van der Waals surface area contributed by atoms with Gasteiger partial charge < -0.3 is 14.2 Å². The topological polar surface area (TPSA) is 78.9 Å². The molecule has 6 heteroatoms. The molecule has 0 fully saturated rings. The SMILES string of the molecule is CC/C=C\C/C=C\C/C=C\CCCCC(=O)OCC(COC(=O)CCC/C=C\C/C=C\C/C=C\CCCCCCCC)OC(=O)CCCCCCCCCCCCCCCC. The largest absolute Gasteiger partial charge is 0.462 e.